The molecule has 1 aliphatic heterocycles. The molecule has 3 aromatic rings. The Morgan fingerprint density at radius 1 is 1.05 bits per heavy atom. The van der Waals surface area contributed by atoms with Gasteiger partial charge in [-0.1, -0.05) is 32.9 Å². The highest BCUT2D eigenvalue weighted by molar-refractivity contribution is 5.70. The molecular formula is C29H37FN6O3. The summed E-state index contributed by atoms with van der Waals surface area (Å²) in [6.07, 6.45) is 2.26. The van der Waals surface area contributed by atoms with Crippen molar-refractivity contribution < 1.29 is 19.0 Å². The number of benzene rings is 2. The van der Waals surface area contributed by atoms with Gasteiger partial charge in [0.05, 0.1) is 12.5 Å². The van der Waals surface area contributed by atoms with Gasteiger partial charge in [0.2, 0.25) is 17.8 Å². The number of ether oxygens (including phenoxy) is 1. The minimum Gasteiger partial charge on any atom is -0.492 e. The third-order valence-corrected chi connectivity index (χ3v) is 6.78. The summed E-state index contributed by atoms with van der Waals surface area (Å²) < 4.78 is 19.2. The number of nitrogens with zero attached hydrogens (tertiary/aromatic N) is 4. The Bertz CT molecular complexity index is 1210. The first-order valence-corrected chi connectivity index (χ1v) is 13.5. The summed E-state index contributed by atoms with van der Waals surface area (Å²) in [6, 6.07) is 13.6. The van der Waals surface area contributed by atoms with Crippen LogP contribution >= 0.6 is 0 Å². The largest absolute Gasteiger partial charge is 0.492 e. The number of carboxylic acids is 1. The normalized spacial score (nSPS) is 17.9. The predicted octanol–water partition coefficient (Wildman–Crippen LogP) is 5.38. The van der Waals surface area contributed by atoms with Crippen LogP contribution < -0.4 is 20.3 Å². The molecule has 3 unspecified atom stereocenters. The molecule has 2 heterocycles. The van der Waals surface area contributed by atoms with Crippen LogP contribution in [-0.2, 0) is 11.2 Å². The topological polar surface area (TPSA) is 113 Å². The number of carbonyl (C=O) groups is 1. The number of carboxylic acid groups (broad SMARTS) is 1. The molecule has 0 radical (unpaired) electrons. The summed E-state index contributed by atoms with van der Waals surface area (Å²) in [4.78, 5) is 27.3. The van der Waals surface area contributed by atoms with E-state index >= 15 is 0 Å². The van der Waals surface area contributed by atoms with Crippen molar-refractivity contribution >= 4 is 29.5 Å². The van der Waals surface area contributed by atoms with Gasteiger partial charge in [0.15, 0.2) is 0 Å². The lowest BCUT2D eigenvalue weighted by Crippen LogP contribution is -2.40. The number of rotatable bonds is 12. The van der Waals surface area contributed by atoms with E-state index < -0.39 is 5.97 Å². The second-order valence-corrected chi connectivity index (χ2v) is 10.3. The van der Waals surface area contributed by atoms with Gasteiger partial charge in [-0.05, 0) is 73.1 Å². The van der Waals surface area contributed by atoms with Gasteiger partial charge in [-0.3, -0.25) is 4.79 Å². The molecule has 208 valence electrons. The molecule has 9 nitrogen and oxygen atoms in total. The van der Waals surface area contributed by atoms with Gasteiger partial charge < -0.3 is 25.4 Å². The van der Waals surface area contributed by atoms with Gasteiger partial charge in [-0.2, -0.15) is 15.0 Å². The SMILES string of the molecule is CCC(Cc1ccc(OCCNc2nc(Nc3ccc(F)cc3)nc(N3CC(C)CC(C)C3)n2)cc1)C(=O)O. The molecule has 0 bridgehead atoms. The fourth-order valence-corrected chi connectivity index (χ4v) is 4.87. The van der Waals surface area contributed by atoms with Crippen molar-refractivity contribution in [2.45, 2.75) is 40.0 Å². The molecule has 1 aliphatic rings. The van der Waals surface area contributed by atoms with Crippen LogP contribution in [0.25, 0.3) is 0 Å². The van der Waals surface area contributed by atoms with Gasteiger partial charge in [-0.25, -0.2) is 4.39 Å². The van der Waals surface area contributed by atoms with Crippen molar-refractivity contribution in [1.82, 2.24) is 15.0 Å². The Hall–Kier alpha value is -3.95. The highest BCUT2D eigenvalue weighted by Gasteiger charge is 2.24. The first-order valence-electron chi connectivity index (χ1n) is 13.5. The van der Waals surface area contributed by atoms with Gasteiger partial charge in [0, 0.05) is 18.8 Å². The monoisotopic (exact) mass is 536 g/mol. The average molecular weight is 537 g/mol. The fourth-order valence-electron chi connectivity index (χ4n) is 4.87. The average Bonchev–Trinajstić information content (AvgIpc) is 2.91. The van der Waals surface area contributed by atoms with Crippen LogP contribution in [0, 0.1) is 23.6 Å². The Labute approximate surface area is 228 Å². The molecule has 0 saturated carbocycles. The first kappa shape index (κ1) is 28.1. The lowest BCUT2D eigenvalue weighted by Gasteiger charge is -2.35. The van der Waals surface area contributed by atoms with E-state index in [1.165, 1.54) is 18.6 Å². The van der Waals surface area contributed by atoms with Crippen LogP contribution in [0.5, 0.6) is 5.75 Å². The molecule has 10 heteroatoms. The van der Waals surface area contributed by atoms with Crippen LogP contribution in [0.1, 0.15) is 39.2 Å². The van der Waals surface area contributed by atoms with Crippen molar-refractivity contribution in [3.63, 3.8) is 0 Å². The molecule has 1 saturated heterocycles. The van der Waals surface area contributed by atoms with E-state index in [-0.39, 0.29) is 11.7 Å². The second kappa shape index (κ2) is 13.2. The van der Waals surface area contributed by atoms with Gasteiger partial charge >= 0.3 is 5.97 Å². The summed E-state index contributed by atoms with van der Waals surface area (Å²) in [7, 11) is 0. The number of hydrogen-bond donors (Lipinski definition) is 3. The summed E-state index contributed by atoms with van der Waals surface area (Å²) in [6.45, 7) is 8.94. The molecule has 1 aromatic heterocycles. The third-order valence-electron chi connectivity index (χ3n) is 6.78. The maximum atomic E-state index is 13.4. The van der Waals surface area contributed by atoms with Crippen molar-refractivity contribution in [3.8, 4) is 5.75 Å². The number of piperidine rings is 1. The molecule has 3 N–H and O–H groups in total. The number of nitrogens with one attached hydrogen (secondary N) is 2. The molecule has 3 atom stereocenters. The molecular weight excluding hydrogens is 499 g/mol. The number of hydrogen-bond acceptors (Lipinski definition) is 8. The van der Waals surface area contributed by atoms with E-state index in [1.807, 2.05) is 31.2 Å². The quantitative estimate of drug-likeness (QED) is 0.263. The molecule has 1 fully saturated rings. The Kier molecular flexibility index (Phi) is 9.51. The maximum Gasteiger partial charge on any atom is 0.306 e. The van der Waals surface area contributed by atoms with Crippen LogP contribution in [0.15, 0.2) is 48.5 Å². The van der Waals surface area contributed by atoms with E-state index in [2.05, 4.69) is 44.3 Å². The van der Waals surface area contributed by atoms with Crippen molar-refractivity contribution in [2.75, 3.05) is 41.8 Å². The fraction of sp³-hybridized carbons (Fsp3) is 0.448. The molecule has 0 amide bonds. The van der Waals surface area contributed by atoms with Crippen molar-refractivity contribution in [3.05, 3.63) is 59.9 Å². The minimum atomic E-state index is -0.772. The van der Waals surface area contributed by atoms with Crippen LogP contribution in [0.3, 0.4) is 0 Å². The van der Waals surface area contributed by atoms with Gasteiger partial charge in [0.1, 0.15) is 18.2 Å². The van der Waals surface area contributed by atoms with Gasteiger partial charge in [-0.15, -0.1) is 0 Å². The highest BCUT2D eigenvalue weighted by atomic mass is 19.1. The van der Waals surface area contributed by atoms with Gasteiger partial charge in [0.25, 0.3) is 0 Å². The van der Waals surface area contributed by atoms with E-state index in [4.69, 9.17) is 4.74 Å². The lowest BCUT2D eigenvalue weighted by atomic mass is 9.92. The molecule has 0 spiro atoms. The molecule has 2 aromatic carbocycles. The second-order valence-electron chi connectivity index (χ2n) is 10.3. The van der Waals surface area contributed by atoms with Crippen LogP contribution in [0.4, 0.5) is 27.9 Å². The van der Waals surface area contributed by atoms with E-state index in [0.717, 1.165) is 18.7 Å². The third kappa shape index (κ3) is 8.27. The molecule has 4 rings (SSSR count). The standard InChI is InChI=1S/C29H37FN6O3/c1-4-22(26(37)38)16-21-5-11-25(12-6-21)39-14-13-31-27-33-28(32-24-9-7-23(30)8-10-24)35-29(34-27)36-17-19(2)15-20(3)18-36/h5-12,19-20,22H,4,13-18H2,1-3H3,(H,37,38)(H2,31,32,33,34,35). The van der Waals surface area contributed by atoms with E-state index in [0.29, 0.717) is 67.1 Å². The van der Waals surface area contributed by atoms with Crippen LogP contribution in [-0.4, -0.2) is 52.3 Å². The molecule has 39 heavy (non-hydrogen) atoms. The summed E-state index contributed by atoms with van der Waals surface area (Å²) in [5, 5.41) is 15.7. The van der Waals surface area contributed by atoms with Crippen molar-refractivity contribution in [1.29, 1.82) is 0 Å². The lowest BCUT2D eigenvalue weighted by molar-refractivity contribution is -0.141. The molecule has 0 aliphatic carbocycles. The summed E-state index contributed by atoms with van der Waals surface area (Å²) in [5.41, 5.74) is 1.65. The number of aromatic nitrogens is 3. The zero-order chi connectivity index (χ0) is 27.8. The van der Waals surface area contributed by atoms with Crippen LogP contribution in [0.2, 0.25) is 0 Å². The van der Waals surface area contributed by atoms with E-state index in [9.17, 15) is 14.3 Å². The smallest absolute Gasteiger partial charge is 0.306 e. The zero-order valence-electron chi connectivity index (χ0n) is 22.7. The first-order chi connectivity index (χ1) is 18.8. The Balaban J connectivity index is 1.39. The zero-order valence-corrected chi connectivity index (χ0v) is 22.7. The van der Waals surface area contributed by atoms with Crippen molar-refractivity contribution in [2.24, 2.45) is 17.8 Å². The summed E-state index contributed by atoms with van der Waals surface area (Å²) >= 11 is 0. The number of aliphatic carboxylic acids is 1. The minimum absolute atomic E-state index is 0.310. The number of anilines is 4. The maximum absolute atomic E-state index is 13.4. The Morgan fingerprint density at radius 3 is 2.36 bits per heavy atom. The van der Waals surface area contributed by atoms with E-state index in [1.54, 1.807) is 12.1 Å². The number of halogens is 1. The highest BCUT2D eigenvalue weighted by Crippen LogP contribution is 2.26. The summed E-state index contributed by atoms with van der Waals surface area (Å²) in [5.74, 6) is 1.71. The Morgan fingerprint density at radius 2 is 1.72 bits per heavy atom. The predicted molar refractivity (Wildman–Crippen MR) is 150 cm³/mol.